The van der Waals surface area contributed by atoms with Crippen LogP contribution >= 0.6 is 0 Å². The summed E-state index contributed by atoms with van der Waals surface area (Å²) in [4.78, 5) is 19.1. The van der Waals surface area contributed by atoms with E-state index in [9.17, 15) is 9.90 Å². The van der Waals surface area contributed by atoms with Gasteiger partial charge in [0.05, 0.1) is 12.7 Å². The molecule has 3 N–H and O–H groups in total. The lowest BCUT2D eigenvalue weighted by Gasteiger charge is -2.29. The van der Waals surface area contributed by atoms with Gasteiger partial charge in [-0.05, 0) is 37.8 Å². The van der Waals surface area contributed by atoms with E-state index in [1.54, 1.807) is 24.0 Å². The molecule has 2 heterocycles. The fourth-order valence-electron chi connectivity index (χ4n) is 3.68. The Hall–Kier alpha value is -2.87. The summed E-state index contributed by atoms with van der Waals surface area (Å²) in [7, 11) is 1.82. The monoisotopic (exact) mass is 426 g/mol. The van der Waals surface area contributed by atoms with Gasteiger partial charge >= 0.3 is 0 Å². The quantitative estimate of drug-likeness (QED) is 0.338. The number of hydrogen-bond donors (Lipinski definition) is 3. The zero-order chi connectivity index (χ0) is 22.3. The van der Waals surface area contributed by atoms with Crippen molar-refractivity contribution < 1.29 is 9.90 Å². The van der Waals surface area contributed by atoms with Crippen molar-refractivity contribution in [1.82, 2.24) is 25.3 Å². The molecule has 1 aliphatic rings. The third kappa shape index (κ3) is 6.30. The van der Waals surface area contributed by atoms with E-state index < -0.39 is 5.60 Å². The number of guanidine groups is 1. The SMILES string of the molecule is CCNC(=NCC(C)(O)c1cnn(C)c1)NCCCC(=O)N1CCc2ccccc2C1. The number of hydrogen-bond acceptors (Lipinski definition) is 4. The van der Waals surface area contributed by atoms with E-state index in [0.717, 1.165) is 24.9 Å². The van der Waals surface area contributed by atoms with Crippen molar-refractivity contribution in [2.75, 3.05) is 26.2 Å². The molecule has 1 unspecified atom stereocenters. The summed E-state index contributed by atoms with van der Waals surface area (Å²) < 4.78 is 1.66. The van der Waals surface area contributed by atoms with Crippen molar-refractivity contribution in [2.45, 2.75) is 45.3 Å². The first-order valence-electron chi connectivity index (χ1n) is 11.0. The minimum absolute atomic E-state index is 0.192. The Morgan fingerprint density at radius 1 is 1.29 bits per heavy atom. The lowest BCUT2D eigenvalue weighted by Crippen LogP contribution is -2.40. The average Bonchev–Trinajstić information content (AvgIpc) is 3.21. The third-order valence-corrected chi connectivity index (χ3v) is 5.56. The molecule has 31 heavy (non-hydrogen) atoms. The van der Waals surface area contributed by atoms with Crippen molar-refractivity contribution in [3.63, 3.8) is 0 Å². The summed E-state index contributed by atoms with van der Waals surface area (Å²) in [6, 6.07) is 8.34. The van der Waals surface area contributed by atoms with Crippen LogP contribution in [0.3, 0.4) is 0 Å². The Kier molecular flexibility index (Phi) is 7.68. The first-order chi connectivity index (χ1) is 14.9. The molecule has 1 atom stereocenters. The van der Waals surface area contributed by atoms with Gasteiger partial charge in [0.2, 0.25) is 5.91 Å². The highest BCUT2D eigenvalue weighted by Crippen LogP contribution is 2.20. The van der Waals surface area contributed by atoms with Gasteiger partial charge in [-0.15, -0.1) is 0 Å². The number of rotatable bonds is 8. The maximum Gasteiger partial charge on any atom is 0.222 e. The summed E-state index contributed by atoms with van der Waals surface area (Å²) in [6.45, 7) is 6.78. The number of carbonyl (C=O) groups excluding carboxylic acids is 1. The molecular weight excluding hydrogens is 392 g/mol. The van der Waals surface area contributed by atoms with Gasteiger partial charge in [0.1, 0.15) is 5.60 Å². The van der Waals surface area contributed by atoms with Crippen molar-refractivity contribution in [3.05, 3.63) is 53.3 Å². The number of nitrogens with zero attached hydrogens (tertiary/aromatic N) is 4. The van der Waals surface area contributed by atoms with Crippen LogP contribution in [0.15, 0.2) is 41.7 Å². The standard InChI is InChI=1S/C23H34N6O2/c1-4-24-22(26-17-23(2,31)20-14-27-28(3)16-20)25-12-7-10-21(30)29-13-11-18-8-5-6-9-19(18)15-29/h5-6,8-9,14,16,31H,4,7,10-13,15,17H2,1-3H3,(H2,24,25,26). The van der Waals surface area contributed by atoms with Crippen LogP contribution in [-0.2, 0) is 30.4 Å². The van der Waals surface area contributed by atoms with Crippen molar-refractivity contribution >= 4 is 11.9 Å². The van der Waals surface area contributed by atoms with E-state index in [1.165, 1.54) is 11.1 Å². The van der Waals surface area contributed by atoms with Crippen LogP contribution in [-0.4, -0.2) is 57.8 Å². The van der Waals surface area contributed by atoms with Crippen molar-refractivity contribution in [3.8, 4) is 0 Å². The minimum Gasteiger partial charge on any atom is -0.383 e. The Labute approximate surface area is 184 Å². The number of fused-ring (bicyclic) bond motifs is 1. The molecule has 3 rings (SSSR count). The van der Waals surface area contributed by atoms with Crippen LogP contribution in [0.5, 0.6) is 0 Å². The summed E-state index contributed by atoms with van der Waals surface area (Å²) in [5.74, 6) is 0.823. The number of aliphatic hydroxyl groups is 1. The van der Waals surface area contributed by atoms with Crippen LogP contribution in [0.2, 0.25) is 0 Å². The molecule has 1 amide bonds. The fourth-order valence-corrected chi connectivity index (χ4v) is 3.68. The van der Waals surface area contributed by atoms with Gasteiger partial charge in [0.15, 0.2) is 5.96 Å². The molecule has 1 aromatic heterocycles. The minimum atomic E-state index is -1.10. The highest BCUT2D eigenvalue weighted by atomic mass is 16.3. The smallest absolute Gasteiger partial charge is 0.222 e. The molecule has 2 aromatic rings. The number of aryl methyl sites for hydroxylation is 1. The van der Waals surface area contributed by atoms with E-state index >= 15 is 0 Å². The molecule has 0 fully saturated rings. The number of nitrogens with one attached hydrogen (secondary N) is 2. The molecular formula is C23H34N6O2. The molecule has 8 heteroatoms. The average molecular weight is 427 g/mol. The van der Waals surface area contributed by atoms with Gasteiger partial charge in [-0.1, -0.05) is 24.3 Å². The first kappa shape index (κ1) is 22.8. The Morgan fingerprint density at radius 2 is 2.06 bits per heavy atom. The highest BCUT2D eigenvalue weighted by molar-refractivity contribution is 5.80. The van der Waals surface area contributed by atoms with Gasteiger partial charge in [-0.25, -0.2) is 4.99 Å². The first-order valence-corrected chi connectivity index (χ1v) is 11.0. The van der Waals surface area contributed by atoms with E-state index in [0.29, 0.717) is 32.0 Å². The highest BCUT2D eigenvalue weighted by Gasteiger charge is 2.24. The lowest BCUT2D eigenvalue weighted by atomic mass is 9.99. The van der Waals surface area contributed by atoms with Crippen LogP contribution in [0.4, 0.5) is 0 Å². The summed E-state index contributed by atoms with van der Waals surface area (Å²) in [5.41, 5.74) is 2.23. The number of amides is 1. The van der Waals surface area contributed by atoms with Gasteiger partial charge in [-0.3, -0.25) is 9.48 Å². The molecule has 8 nitrogen and oxygen atoms in total. The predicted octanol–water partition coefficient (Wildman–Crippen LogP) is 1.55. The van der Waals surface area contributed by atoms with Crippen molar-refractivity contribution in [1.29, 1.82) is 0 Å². The molecule has 0 bridgehead atoms. The molecule has 0 saturated heterocycles. The third-order valence-electron chi connectivity index (χ3n) is 5.56. The largest absolute Gasteiger partial charge is 0.383 e. The molecule has 1 aromatic carbocycles. The molecule has 168 valence electrons. The second kappa shape index (κ2) is 10.4. The predicted molar refractivity (Wildman–Crippen MR) is 122 cm³/mol. The number of aliphatic imine (C=N–C) groups is 1. The van der Waals surface area contributed by atoms with Gasteiger partial charge in [-0.2, -0.15) is 5.10 Å². The topological polar surface area (TPSA) is 94.8 Å². The number of benzene rings is 1. The summed E-state index contributed by atoms with van der Waals surface area (Å²) >= 11 is 0. The normalized spacial score (nSPS) is 15.9. The Morgan fingerprint density at radius 3 is 2.77 bits per heavy atom. The Balaban J connectivity index is 1.45. The van der Waals surface area contributed by atoms with Crippen LogP contribution < -0.4 is 10.6 Å². The zero-order valence-corrected chi connectivity index (χ0v) is 18.8. The van der Waals surface area contributed by atoms with E-state index in [-0.39, 0.29) is 12.5 Å². The molecule has 1 aliphatic heterocycles. The molecule has 0 spiro atoms. The molecule has 0 saturated carbocycles. The number of carbonyl (C=O) groups is 1. The summed E-state index contributed by atoms with van der Waals surface area (Å²) in [5, 5.41) is 21.3. The second-order valence-electron chi connectivity index (χ2n) is 8.24. The molecule has 0 aliphatic carbocycles. The van der Waals surface area contributed by atoms with Gasteiger partial charge in [0.25, 0.3) is 0 Å². The number of aromatic nitrogens is 2. The maximum atomic E-state index is 12.6. The second-order valence-corrected chi connectivity index (χ2v) is 8.24. The van der Waals surface area contributed by atoms with Crippen LogP contribution in [0.25, 0.3) is 0 Å². The van der Waals surface area contributed by atoms with Crippen molar-refractivity contribution in [2.24, 2.45) is 12.0 Å². The Bertz CT molecular complexity index is 905. The fraction of sp³-hybridized carbons (Fsp3) is 0.522. The van der Waals surface area contributed by atoms with Crippen LogP contribution in [0, 0.1) is 0 Å². The van der Waals surface area contributed by atoms with Gasteiger partial charge < -0.3 is 20.6 Å². The van der Waals surface area contributed by atoms with Gasteiger partial charge in [0, 0.05) is 51.4 Å². The lowest BCUT2D eigenvalue weighted by molar-refractivity contribution is -0.132. The van der Waals surface area contributed by atoms with E-state index in [1.807, 2.05) is 24.9 Å². The van der Waals surface area contributed by atoms with Crippen LogP contribution in [0.1, 0.15) is 43.4 Å². The molecule has 0 radical (unpaired) electrons. The maximum absolute atomic E-state index is 12.6. The zero-order valence-electron chi connectivity index (χ0n) is 18.8. The summed E-state index contributed by atoms with van der Waals surface area (Å²) in [6.07, 6.45) is 5.59. The van der Waals surface area contributed by atoms with E-state index in [4.69, 9.17) is 0 Å². The van der Waals surface area contributed by atoms with E-state index in [2.05, 4.69) is 38.9 Å².